The Morgan fingerprint density at radius 1 is 1.06 bits per heavy atom. The largest absolute Gasteiger partial charge is 0.324 e. The lowest BCUT2D eigenvalue weighted by Gasteiger charge is -2.13. The lowest BCUT2D eigenvalue weighted by Crippen LogP contribution is -2.06. The van der Waals surface area contributed by atoms with Crippen molar-refractivity contribution in [3.8, 4) is 0 Å². The first-order chi connectivity index (χ1) is 8.58. The molecule has 0 saturated heterocycles. The van der Waals surface area contributed by atoms with Gasteiger partial charge in [-0.1, -0.05) is 45.9 Å². The van der Waals surface area contributed by atoms with Crippen LogP contribution in [-0.2, 0) is 0 Å². The van der Waals surface area contributed by atoms with Crippen molar-refractivity contribution in [2.45, 2.75) is 22.8 Å². The van der Waals surface area contributed by atoms with Gasteiger partial charge in [-0.05, 0) is 52.7 Å². The molecule has 4 heteroatoms. The predicted molar refractivity (Wildman–Crippen MR) is 85.0 cm³/mol. The van der Waals surface area contributed by atoms with E-state index in [1.807, 2.05) is 31.2 Å². The lowest BCUT2D eigenvalue weighted by molar-refractivity contribution is 0.797. The minimum atomic E-state index is 0.0306. The van der Waals surface area contributed by atoms with Crippen molar-refractivity contribution in [3.05, 3.63) is 57.0 Å². The molecule has 2 aromatic rings. The third kappa shape index (κ3) is 3.38. The summed E-state index contributed by atoms with van der Waals surface area (Å²) >= 11 is 8.81. The molecule has 0 radical (unpaired) electrons. The molecule has 94 valence electrons. The number of halogens is 2. The van der Waals surface area contributed by atoms with Gasteiger partial charge in [-0.2, -0.15) is 0 Å². The van der Waals surface area contributed by atoms with Crippen LogP contribution in [0.3, 0.4) is 0 Å². The van der Waals surface area contributed by atoms with Crippen LogP contribution in [0.15, 0.2) is 61.2 Å². The molecule has 0 aliphatic heterocycles. The standard InChI is InChI=1S/C14H13Br2NS/c1-9(17)11-7-6-10(15)8-14(11)18-13-5-3-2-4-12(13)16/h2-9H,17H2,1H3. The van der Waals surface area contributed by atoms with Crippen LogP contribution in [0.2, 0.25) is 0 Å². The van der Waals surface area contributed by atoms with Crippen LogP contribution < -0.4 is 5.73 Å². The predicted octanol–water partition coefficient (Wildman–Crippen LogP) is 5.38. The molecule has 1 nitrogen and oxygen atoms in total. The van der Waals surface area contributed by atoms with E-state index >= 15 is 0 Å². The molecule has 1 atom stereocenters. The summed E-state index contributed by atoms with van der Waals surface area (Å²) < 4.78 is 2.17. The molecule has 0 aliphatic carbocycles. The van der Waals surface area contributed by atoms with Crippen LogP contribution in [0, 0.1) is 0 Å². The van der Waals surface area contributed by atoms with Crippen molar-refractivity contribution >= 4 is 43.6 Å². The van der Waals surface area contributed by atoms with E-state index in [4.69, 9.17) is 5.73 Å². The molecule has 2 N–H and O–H groups in total. The maximum absolute atomic E-state index is 6.02. The minimum Gasteiger partial charge on any atom is -0.324 e. The van der Waals surface area contributed by atoms with Gasteiger partial charge >= 0.3 is 0 Å². The van der Waals surface area contributed by atoms with Gasteiger partial charge in [-0.15, -0.1) is 0 Å². The monoisotopic (exact) mass is 385 g/mol. The van der Waals surface area contributed by atoms with Crippen LogP contribution in [0.25, 0.3) is 0 Å². The zero-order valence-electron chi connectivity index (χ0n) is 9.86. The Labute approximate surface area is 128 Å². The second kappa shape index (κ2) is 6.24. The first kappa shape index (κ1) is 14.1. The molecule has 1 unspecified atom stereocenters. The molecule has 0 heterocycles. The van der Waals surface area contributed by atoms with Crippen molar-refractivity contribution < 1.29 is 0 Å². The Bertz CT molecular complexity index is 555. The van der Waals surface area contributed by atoms with Crippen LogP contribution in [0.1, 0.15) is 18.5 Å². The molecule has 0 fully saturated rings. The summed E-state index contributed by atoms with van der Waals surface area (Å²) in [7, 11) is 0. The Hall–Kier alpha value is -0.290. The average molecular weight is 387 g/mol. The lowest BCUT2D eigenvalue weighted by atomic mass is 10.1. The molecule has 0 bridgehead atoms. The quantitative estimate of drug-likeness (QED) is 0.765. The normalized spacial score (nSPS) is 12.4. The number of nitrogens with two attached hydrogens (primary N) is 1. The Morgan fingerprint density at radius 3 is 2.44 bits per heavy atom. The van der Waals surface area contributed by atoms with E-state index in [0.29, 0.717) is 0 Å². The summed E-state index contributed by atoms with van der Waals surface area (Å²) in [5, 5.41) is 0. The van der Waals surface area contributed by atoms with Crippen LogP contribution in [0.4, 0.5) is 0 Å². The van der Waals surface area contributed by atoms with Crippen molar-refractivity contribution in [3.63, 3.8) is 0 Å². The number of hydrogen-bond acceptors (Lipinski definition) is 2. The van der Waals surface area contributed by atoms with E-state index in [2.05, 4.69) is 50.1 Å². The van der Waals surface area contributed by atoms with Gasteiger partial charge in [0, 0.05) is 24.8 Å². The van der Waals surface area contributed by atoms with E-state index < -0.39 is 0 Å². The smallest absolute Gasteiger partial charge is 0.0314 e. The van der Waals surface area contributed by atoms with Gasteiger partial charge in [0.1, 0.15) is 0 Å². The number of benzene rings is 2. The van der Waals surface area contributed by atoms with Crippen molar-refractivity contribution in [2.75, 3.05) is 0 Å². The first-order valence-electron chi connectivity index (χ1n) is 5.55. The second-order valence-electron chi connectivity index (χ2n) is 4.00. The third-order valence-electron chi connectivity index (χ3n) is 2.52. The Morgan fingerprint density at radius 2 is 1.78 bits per heavy atom. The van der Waals surface area contributed by atoms with E-state index in [1.54, 1.807) is 11.8 Å². The van der Waals surface area contributed by atoms with Gasteiger partial charge in [0.2, 0.25) is 0 Å². The maximum Gasteiger partial charge on any atom is 0.0314 e. The maximum atomic E-state index is 6.02. The molecule has 0 aromatic heterocycles. The van der Waals surface area contributed by atoms with Gasteiger partial charge in [-0.3, -0.25) is 0 Å². The fraction of sp³-hybridized carbons (Fsp3) is 0.143. The summed E-state index contributed by atoms with van der Waals surface area (Å²) in [5.74, 6) is 0. The summed E-state index contributed by atoms with van der Waals surface area (Å²) in [4.78, 5) is 2.38. The SMILES string of the molecule is CC(N)c1ccc(Br)cc1Sc1ccccc1Br. The molecule has 0 aliphatic rings. The Balaban J connectivity index is 2.39. The summed E-state index contributed by atoms with van der Waals surface area (Å²) in [6.07, 6.45) is 0. The molecular formula is C14H13Br2NS. The Kier molecular flexibility index (Phi) is 4.90. The van der Waals surface area contributed by atoms with Gasteiger partial charge in [-0.25, -0.2) is 0 Å². The van der Waals surface area contributed by atoms with Gasteiger partial charge < -0.3 is 5.73 Å². The highest BCUT2D eigenvalue weighted by Crippen LogP contribution is 2.37. The van der Waals surface area contributed by atoms with Crippen LogP contribution in [0.5, 0.6) is 0 Å². The highest BCUT2D eigenvalue weighted by atomic mass is 79.9. The third-order valence-corrected chi connectivity index (χ3v) is 5.12. The molecule has 2 aromatic carbocycles. The van der Waals surface area contributed by atoms with E-state index in [1.165, 1.54) is 15.4 Å². The van der Waals surface area contributed by atoms with Crippen LogP contribution in [-0.4, -0.2) is 0 Å². The van der Waals surface area contributed by atoms with Crippen LogP contribution >= 0.6 is 43.6 Å². The number of rotatable bonds is 3. The summed E-state index contributed by atoms with van der Waals surface area (Å²) in [6, 6.07) is 14.5. The van der Waals surface area contributed by atoms with Crippen molar-refractivity contribution in [1.29, 1.82) is 0 Å². The van der Waals surface area contributed by atoms with Gasteiger partial charge in [0.05, 0.1) is 0 Å². The molecule has 0 spiro atoms. The van der Waals surface area contributed by atoms with E-state index in [-0.39, 0.29) is 6.04 Å². The summed E-state index contributed by atoms with van der Waals surface area (Å²) in [5.41, 5.74) is 7.18. The molecule has 0 saturated carbocycles. The first-order valence-corrected chi connectivity index (χ1v) is 7.95. The highest BCUT2D eigenvalue weighted by molar-refractivity contribution is 9.10. The molecule has 2 rings (SSSR count). The van der Waals surface area contributed by atoms with Crippen molar-refractivity contribution in [1.82, 2.24) is 0 Å². The minimum absolute atomic E-state index is 0.0306. The summed E-state index contributed by atoms with van der Waals surface area (Å²) in [6.45, 7) is 2.01. The molecule has 18 heavy (non-hydrogen) atoms. The topological polar surface area (TPSA) is 26.0 Å². The highest BCUT2D eigenvalue weighted by Gasteiger charge is 2.10. The van der Waals surface area contributed by atoms with Crippen molar-refractivity contribution in [2.24, 2.45) is 5.73 Å². The second-order valence-corrected chi connectivity index (χ2v) is 6.86. The fourth-order valence-corrected chi connectivity index (χ4v) is 3.77. The number of hydrogen-bond donors (Lipinski definition) is 1. The zero-order valence-corrected chi connectivity index (χ0v) is 13.8. The molecular weight excluding hydrogens is 374 g/mol. The zero-order chi connectivity index (χ0) is 13.1. The fourth-order valence-electron chi connectivity index (χ4n) is 1.62. The molecule has 0 amide bonds. The average Bonchev–Trinajstić information content (AvgIpc) is 2.32. The van der Waals surface area contributed by atoms with Gasteiger partial charge in [0.15, 0.2) is 0 Å². The van der Waals surface area contributed by atoms with Gasteiger partial charge in [0.25, 0.3) is 0 Å². The van der Waals surface area contributed by atoms with E-state index in [9.17, 15) is 0 Å². The van der Waals surface area contributed by atoms with E-state index in [0.717, 1.165) is 8.95 Å².